The van der Waals surface area contributed by atoms with Crippen LogP contribution in [0.15, 0.2) is 72.8 Å². The van der Waals surface area contributed by atoms with Gasteiger partial charge < -0.3 is 20.3 Å². The highest BCUT2D eigenvalue weighted by Crippen LogP contribution is 2.24. The molecule has 0 radical (unpaired) electrons. The smallest absolute Gasteiger partial charge is 0.262 e. The lowest BCUT2D eigenvalue weighted by atomic mass is 10.1. The normalized spacial score (nSPS) is 13.0. The summed E-state index contributed by atoms with van der Waals surface area (Å²) in [5, 5.41) is 5.60. The molecule has 168 valence electrons. The van der Waals surface area contributed by atoms with E-state index in [-0.39, 0.29) is 24.3 Å². The molecule has 0 spiro atoms. The maximum absolute atomic E-state index is 12.7. The van der Waals surface area contributed by atoms with E-state index in [4.69, 9.17) is 4.74 Å². The maximum Gasteiger partial charge on any atom is 0.262 e. The molecule has 0 aliphatic carbocycles. The van der Waals surface area contributed by atoms with Gasteiger partial charge in [-0.25, -0.2) is 0 Å². The summed E-state index contributed by atoms with van der Waals surface area (Å²) in [5.41, 5.74) is 3.30. The summed E-state index contributed by atoms with van der Waals surface area (Å²) in [6.07, 6.45) is 1.44. The Bertz CT molecular complexity index is 1170. The van der Waals surface area contributed by atoms with E-state index in [0.717, 1.165) is 24.2 Å². The summed E-state index contributed by atoms with van der Waals surface area (Å²) >= 11 is 0. The molecule has 3 aromatic carbocycles. The number of nitrogens with zero attached hydrogens (tertiary/aromatic N) is 1. The quantitative estimate of drug-likeness (QED) is 0.567. The topological polar surface area (TPSA) is 87.7 Å². The Morgan fingerprint density at radius 2 is 1.76 bits per heavy atom. The fourth-order valence-electron chi connectivity index (χ4n) is 3.69. The number of amides is 3. The number of hydrogen-bond donors (Lipinski definition) is 2. The molecule has 7 heteroatoms. The van der Waals surface area contributed by atoms with Gasteiger partial charge in [-0.3, -0.25) is 14.4 Å². The lowest BCUT2D eigenvalue weighted by Gasteiger charge is -2.16. The van der Waals surface area contributed by atoms with Crippen LogP contribution in [0.3, 0.4) is 0 Å². The van der Waals surface area contributed by atoms with Crippen LogP contribution in [-0.4, -0.2) is 30.9 Å². The van der Waals surface area contributed by atoms with Crippen molar-refractivity contribution >= 4 is 34.8 Å². The zero-order valence-corrected chi connectivity index (χ0v) is 18.3. The summed E-state index contributed by atoms with van der Waals surface area (Å²) in [6.45, 7) is 2.46. The second kappa shape index (κ2) is 9.99. The molecule has 0 aromatic heterocycles. The van der Waals surface area contributed by atoms with Crippen LogP contribution in [0, 0.1) is 6.92 Å². The van der Waals surface area contributed by atoms with E-state index in [1.165, 1.54) is 0 Å². The highest BCUT2D eigenvalue weighted by Gasteiger charge is 2.21. The Hall–Kier alpha value is -4.13. The molecule has 3 aromatic rings. The van der Waals surface area contributed by atoms with Crippen LogP contribution in [-0.2, 0) is 9.59 Å². The van der Waals surface area contributed by atoms with E-state index >= 15 is 0 Å². The Morgan fingerprint density at radius 1 is 0.970 bits per heavy atom. The Kier molecular flexibility index (Phi) is 6.69. The summed E-state index contributed by atoms with van der Waals surface area (Å²) in [4.78, 5) is 38.8. The van der Waals surface area contributed by atoms with Crippen molar-refractivity contribution in [1.29, 1.82) is 0 Å². The summed E-state index contributed by atoms with van der Waals surface area (Å²) in [5.74, 6) is -0.0618. The number of nitrogens with one attached hydrogen (secondary N) is 2. The second-order valence-electron chi connectivity index (χ2n) is 7.85. The zero-order chi connectivity index (χ0) is 23.2. The average Bonchev–Trinajstić information content (AvgIpc) is 3.24. The van der Waals surface area contributed by atoms with Crippen LogP contribution in [0.2, 0.25) is 0 Å². The number of hydrogen-bond acceptors (Lipinski definition) is 4. The molecule has 0 saturated carbocycles. The van der Waals surface area contributed by atoms with Crippen molar-refractivity contribution in [1.82, 2.24) is 0 Å². The number of benzene rings is 3. The fourth-order valence-corrected chi connectivity index (χ4v) is 3.69. The molecule has 0 unspecified atom stereocenters. The number of carbonyl (C=O) groups excluding carboxylic acids is 3. The van der Waals surface area contributed by atoms with Crippen molar-refractivity contribution in [2.24, 2.45) is 0 Å². The van der Waals surface area contributed by atoms with Gasteiger partial charge in [-0.15, -0.1) is 0 Å². The predicted octanol–water partition coefficient (Wildman–Crippen LogP) is 4.39. The molecule has 1 aliphatic heterocycles. The molecule has 1 aliphatic rings. The minimum absolute atomic E-state index is 0.119. The van der Waals surface area contributed by atoms with Crippen molar-refractivity contribution in [2.45, 2.75) is 19.8 Å². The van der Waals surface area contributed by atoms with E-state index in [1.54, 1.807) is 53.4 Å². The van der Waals surface area contributed by atoms with E-state index in [1.807, 2.05) is 31.2 Å². The van der Waals surface area contributed by atoms with Crippen molar-refractivity contribution < 1.29 is 19.1 Å². The van der Waals surface area contributed by atoms with Crippen molar-refractivity contribution in [3.8, 4) is 5.75 Å². The van der Waals surface area contributed by atoms with E-state index in [9.17, 15) is 14.4 Å². The second-order valence-corrected chi connectivity index (χ2v) is 7.85. The van der Waals surface area contributed by atoms with Gasteiger partial charge in [0.15, 0.2) is 6.61 Å². The largest absolute Gasteiger partial charge is 0.484 e. The van der Waals surface area contributed by atoms with Crippen molar-refractivity contribution in [3.05, 3.63) is 83.9 Å². The van der Waals surface area contributed by atoms with Crippen LogP contribution in [0.1, 0.15) is 28.8 Å². The van der Waals surface area contributed by atoms with Crippen molar-refractivity contribution in [3.63, 3.8) is 0 Å². The summed E-state index contributed by atoms with van der Waals surface area (Å²) in [6, 6.07) is 21.4. The van der Waals surface area contributed by atoms with Gasteiger partial charge in [0.25, 0.3) is 11.8 Å². The van der Waals surface area contributed by atoms with Crippen LogP contribution in [0.25, 0.3) is 0 Å². The number of rotatable bonds is 7. The molecule has 33 heavy (non-hydrogen) atoms. The molecule has 2 N–H and O–H groups in total. The third-order valence-electron chi connectivity index (χ3n) is 5.31. The van der Waals surface area contributed by atoms with Gasteiger partial charge in [0.1, 0.15) is 5.75 Å². The number of anilines is 3. The highest BCUT2D eigenvalue weighted by molar-refractivity contribution is 6.10. The van der Waals surface area contributed by atoms with Crippen molar-refractivity contribution in [2.75, 3.05) is 28.7 Å². The number of aryl methyl sites for hydroxylation is 1. The van der Waals surface area contributed by atoms with Gasteiger partial charge >= 0.3 is 0 Å². The first-order valence-corrected chi connectivity index (χ1v) is 10.8. The number of carbonyl (C=O) groups is 3. The fraction of sp³-hybridized carbons (Fsp3) is 0.192. The minimum atomic E-state index is -0.385. The molecular formula is C26H25N3O4. The molecule has 1 fully saturated rings. The van der Waals surface area contributed by atoms with Crippen LogP contribution in [0.4, 0.5) is 17.1 Å². The van der Waals surface area contributed by atoms with E-state index in [2.05, 4.69) is 10.6 Å². The van der Waals surface area contributed by atoms with Crippen LogP contribution >= 0.6 is 0 Å². The number of ether oxygens (including phenoxy) is 1. The highest BCUT2D eigenvalue weighted by atomic mass is 16.5. The van der Waals surface area contributed by atoms with Gasteiger partial charge in [0.05, 0.1) is 11.3 Å². The van der Waals surface area contributed by atoms with E-state index < -0.39 is 0 Å². The molecule has 1 saturated heterocycles. The van der Waals surface area contributed by atoms with Crippen LogP contribution in [0.5, 0.6) is 5.75 Å². The summed E-state index contributed by atoms with van der Waals surface area (Å²) < 4.78 is 5.58. The Labute approximate surface area is 192 Å². The Balaban J connectivity index is 1.35. The van der Waals surface area contributed by atoms with E-state index in [0.29, 0.717) is 29.1 Å². The van der Waals surface area contributed by atoms with Crippen LogP contribution < -0.4 is 20.3 Å². The molecule has 4 rings (SSSR count). The third-order valence-corrected chi connectivity index (χ3v) is 5.31. The molecule has 0 bridgehead atoms. The average molecular weight is 444 g/mol. The zero-order valence-electron chi connectivity index (χ0n) is 18.3. The number of para-hydroxylation sites is 1. The predicted molar refractivity (Wildman–Crippen MR) is 128 cm³/mol. The molecule has 0 atom stereocenters. The SMILES string of the molecule is Cc1cccc(NC(=O)c2ccccc2NC(=O)COc2ccc(N3CCCC3=O)cc2)c1. The molecule has 3 amide bonds. The molecule has 1 heterocycles. The maximum atomic E-state index is 12.7. The minimum Gasteiger partial charge on any atom is -0.484 e. The Morgan fingerprint density at radius 3 is 2.48 bits per heavy atom. The monoisotopic (exact) mass is 443 g/mol. The molecular weight excluding hydrogens is 418 g/mol. The lowest BCUT2D eigenvalue weighted by Crippen LogP contribution is -2.24. The van der Waals surface area contributed by atoms with Gasteiger partial charge in [0.2, 0.25) is 5.91 Å². The first kappa shape index (κ1) is 22.1. The molecule has 7 nitrogen and oxygen atoms in total. The first-order valence-electron chi connectivity index (χ1n) is 10.8. The lowest BCUT2D eigenvalue weighted by molar-refractivity contribution is -0.118. The van der Waals surface area contributed by atoms with Gasteiger partial charge in [0, 0.05) is 24.3 Å². The van der Waals surface area contributed by atoms with Gasteiger partial charge in [-0.1, -0.05) is 24.3 Å². The van der Waals surface area contributed by atoms with Gasteiger partial charge in [-0.05, 0) is 67.4 Å². The first-order chi connectivity index (χ1) is 16.0. The standard InChI is InChI=1S/C26H25N3O4/c1-18-6-4-7-19(16-18)27-26(32)22-8-2-3-9-23(22)28-24(30)17-33-21-13-11-20(12-14-21)29-15-5-10-25(29)31/h2-4,6-9,11-14,16H,5,10,15,17H2,1H3,(H,27,32)(H,28,30). The van der Waals surface area contributed by atoms with Gasteiger partial charge in [-0.2, -0.15) is 0 Å². The third kappa shape index (κ3) is 5.57. The summed E-state index contributed by atoms with van der Waals surface area (Å²) in [7, 11) is 0.